The second-order valence-electron chi connectivity index (χ2n) is 4.74. The second kappa shape index (κ2) is 9.17. The lowest BCUT2D eigenvalue weighted by Crippen LogP contribution is -2.36. The number of sulfonamides is 1. The summed E-state index contributed by atoms with van der Waals surface area (Å²) in [6, 6.07) is 6.89. The topological polar surface area (TPSA) is 81.4 Å². The molecule has 0 fully saturated rings. The summed E-state index contributed by atoms with van der Waals surface area (Å²) < 4.78 is 31.9. The average Bonchev–Trinajstić information content (AvgIpc) is 2.38. The van der Waals surface area contributed by atoms with Crippen molar-refractivity contribution < 1.29 is 13.2 Å². The van der Waals surface area contributed by atoms with Crippen molar-refractivity contribution in [3.8, 4) is 5.75 Å². The van der Waals surface area contributed by atoms with E-state index >= 15 is 0 Å². The molecule has 0 radical (unpaired) electrons. The van der Waals surface area contributed by atoms with Crippen molar-refractivity contribution in [2.75, 3.05) is 29.6 Å². The van der Waals surface area contributed by atoms with Crippen LogP contribution in [-0.2, 0) is 10.0 Å². The molecule has 5 nitrogen and oxygen atoms in total. The number of anilines is 1. The molecule has 1 rings (SSSR count). The molecule has 0 aliphatic heterocycles. The van der Waals surface area contributed by atoms with Crippen LogP contribution in [0.1, 0.15) is 20.3 Å². The lowest BCUT2D eigenvalue weighted by Gasteiger charge is -2.14. The molecule has 120 valence electrons. The van der Waals surface area contributed by atoms with Gasteiger partial charge in [0.25, 0.3) is 0 Å². The lowest BCUT2D eigenvalue weighted by molar-refractivity contribution is 0.340. The van der Waals surface area contributed by atoms with E-state index < -0.39 is 10.0 Å². The maximum Gasteiger partial charge on any atom is 0.215 e. The Balaban J connectivity index is 2.32. The molecule has 0 aromatic heterocycles. The molecule has 0 bridgehead atoms. The highest BCUT2D eigenvalue weighted by atomic mass is 32.2. The Morgan fingerprint density at radius 3 is 2.86 bits per heavy atom. The number of hydrogen-bond donors (Lipinski definition) is 2. The fourth-order valence-electron chi connectivity index (χ4n) is 1.70. The Bertz CT molecular complexity index is 521. The highest BCUT2D eigenvalue weighted by Gasteiger charge is 2.14. The Morgan fingerprint density at radius 2 is 2.19 bits per heavy atom. The van der Waals surface area contributed by atoms with Gasteiger partial charge in [-0.1, -0.05) is 13.0 Å². The Hall–Kier alpha value is -0.920. The second-order valence-corrected chi connectivity index (χ2v) is 8.01. The van der Waals surface area contributed by atoms with E-state index in [1.807, 2.05) is 18.7 Å². The molecule has 0 aliphatic carbocycles. The summed E-state index contributed by atoms with van der Waals surface area (Å²) in [6.07, 6.45) is 0.827. The minimum atomic E-state index is -3.31. The van der Waals surface area contributed by atoms with Crippen molar-refractivity contribution in [3.05, 3.63) is 24.3 Å². The van der Waals surface area contributed by atoms with E-state index in [1.165, 1.54) is 0 Å². The predicted octanol–water partition coefficient (Wildman–Crippen LogP) is 2.10. The van der Waals surface area contributed by atoms with Crippen molar-refractivity contribution in [2.24, 2.45) is 0 Å². The zero-order chi connectivity index (χ0) is 15.7. The predicted molar refractivity (Wildman–Crippen MR) is 90.3 cm³/mol. The molecule has 7 heteroatoms. The van der Waals surface area contributed by atoms with E-state index in [9.17, 15) is 8.42 Å². The first-order chi connectivity index (χ1) is 9.93. The van der Waals surface area contributed by atoms with Crippen LogP contribution in [0.15, 0.2) is 24.3 Å². The standard InChI is InChI=1S/C14H24N2O3S2/c1-3-20-9-7-12(2)16-21(17,18)10-8-19-14-6-4-5-13(15)11-14/h4-6,11-12,16H,3,7-10,15H2,1-2H3. The van der Waals surface area contributed by atoms with Crippen LogP contribution >= 0.6 is 11.8 Å². The van der Waals surface area contributed by atoms with Gasteiger partial charge in [0.1, 0.15) is 12.4 Å². The van der Waals surface area contributed by atoms with Gasteiger partial charge in [-0.25, -0.2) is 13.1 Å². The number of rotatable bonds is 10. The van der Waals surface area contributed by atoms with Gasteiger partial charge in [0.2, 0.25) is 10.0 Å². The fourth-order valence-corrected chi connectivity index (χ4v) is 3.66. The summed E-state index contributed by atoms with van der Waals surface area (Å²) in [5.74, 6) is 2.53. The van der Waals surface area contributed by atoms with Crippen molar-refractivity contribution in [1.29, 1.82) is 0 Å². The van der Waals surface area contributed by atoms with Crippen LogP contribution in [0.2, 0.25) is 0 Å². The summed E-state index contributed by atoms with van der Waals surface area (Å²) in [5, 5.41) is 0. The molecule has 1 aromatic rings. The van der Waals surface area contributed by atoms with Gasteiger partial charge < -0.3 is 10.5 Å². The van der Waals surface area contributed by atoms with Gasteiger partial charge >= 0.3 is 0 Å². The molecule has 1 unspecified atom stereocenters. The van der Waals surface area contributed by atoms with Gasteiger partial charge in [0.15, 0.2) is 0 Å². The highest BCUT2D eigenvalue weighted by Crippen LogP contribution is 2.14. The van der Waals surface area contributed by atoms with Gasteiger partial charge in [-0.3, -0.25) is 0 Å². The zero-order valence-corrected chi connectivity index (χ0v) is 14.2. The van der Waals surface area contributed by atoms with Gasteiger partial charge in [0, 0.05) is 17.8 Å². The first kappa shape index (κ1) is 18.1. The number of nitrogens with one attached hydrogen (secondary N) is 1. The van der Waals surface area contributed by atoms with Gasteiger partial charge in [-0.2, -0.15) is 11.8 Å². The van der Waals surface area contributed by atoms with Gasteiger partial charge in [-0.15, -0.1) is 0 Å². The molecular formula is C14H24N2O3S2. The third kappa shape index (κ3) is 8.18. The van der Waals surface area contributed by atoms with Crippen LogP contribution in [0.25, 0.3) is 0 Å². The Kier molecular flexibility index (Phi) is 7.92. The van der Waals surface area contributed by atoms with Crippen molar-refractivity contribution in [3.63, 3.8) is 0 Å². The monoisotopic (exact) mass is 332 g/mol. The van der Waals surface area contributed by atoms with Crippen LogP contribution < -0.4 is 15.2 Å². The van der Waals surface area contributed by atoms with Crippen LogP contribution in [0.3, 0.4) is 0 Å². The van der Waals surface area contributed by atoms with Crippen molar-refractivity contribution in [2.45, 2.75) is 26.3 Å². The first-order valence-electron chi connectivity index (χ1n) is 6.99. The molecule has 0 aliphatic rings. The minimum Gasteiger partial charge on any atom is -0.492 e. The molecule has 0 amide bonds. The summed E-state index contributed by atoms with van der Waals surface area (Å²) in [6.45, 7) is 4.08. The SMILES string of the molecule is CCSCCC(C)NS(=O)(=O)CCOc1cccc(N)c1. The van der Waals surface area contributed by atoms with E-state index in [4.69, 9.17) is 10.5 Å². The largest absolute Gasteiger partial charge is 0.492 e. The number of hydrogen-bond acceptors (Lipinski definition) is 5. The molecule has 3 N–H and O–H groups in total. The first-order valence-corrected chi connectivity index (χ1v) is 9.79. The molecule has 1 atom stereocenters. The number of nitrogen functional groups attached to an aromatic ring is 1. The minimum absolute atomic E-state index is 0.0542. The average molecular weight is 332 g/mol. The molecule has 1 aromatic carbocycles. The maximum atomic E-state index is 11.9. The summed E-state index contributed by atoms with van der Waals surface area (Å²) in [7, 11) is -3.31. The summed E-state index contributed by atoms with van der Waals surface area (Å²) in [4.78, 5) is 0. The molecular weight excluding hydrogens is 308 g/mol. The fraction of sp³-hybridized carbons (Fsp3) is 0.571. The normalized spacial score (nSPS) is 13.0. The van der Waals surface area contributed by atoms with E-state index in [2.05, 4.69) is 11.6 Å². The maximum absolute atomic E-state index is 11.9. The molecule has 0 saturated carbocycles. The Labute approximate surface area is 131 Å². The number of ether oxygens (including phenoxy) is 1. The van der Waals surface area contributed by atoms with Crippen LogP contribution in [-0.4, -0.2) is 38.3 Å². The summed E-state index contributed by atoms with van der Waals surface area (Å²) >= 11 is 1.81. The van der Waals surface area contributed by atoms with Crippen molar-refractivity contribution in [1.82, 2.24) is 4.72 Å². The van der Waals surface area contributed by atoms with Gasteiger partial charge in [0.05, 0.1) is 5.75 Å². The van der Waals surface area contributed by atoms with Crippen LogP contribution in [0, 0.1) is 0 Å². The molecule has 0 saturated heterocycles. The van der Waals surface area contributed by atoms with E-state index in [-0.39, 0.29) is 18.4 Å². The molecule has 0 spiro atoms. The Morgan fingerprint density at radius 1 is 1.43 bits per heavy atom. The van der Waals surface area contributed by atoms with E-state index in [1.54, 1.807) is 24.3 Å². The third-order valence-corrected chi connectivity index (χ3v) is 5.16. The third-order valence-electron chi connectivity index (χ3n) is 2.76. The molecule has 0 heterocycles. The number of benzene rings is 1. The molecule has 21 heavy (non-hydrogen) atoms. The quantitative estimate of drug-likeness (QED) is 0.506. The lowest BCUT2D eigenvalue weighted by atomic mass is 10.3. The van der Waals surface area contributed by atoms with Crippen molar-refractivity contribution >= 4 is 27.5 Å². The summed E-state index contributed by atoms with van der Waals surface area (Å²) in [5.41, 5.74) is 6.22. The highest BCUT2D eigenvalue weighted by molar-refractivity contribution is 7.99. The van der Waals surface area contributed by atoms with Gasteiger partial charge in [-0.05, 0) is 37.0 Å². The number of nitrogens with two attached hydrogens (primary N) is 1. The number of thioether (sulfide) groups is 1. The van der Waals surface area contributed by atoms with E-state index in [0.717, 1.165) is 17.9 Å². The van der Waals surface area contributed by atoms with Crippen LogP contribution in [0.4, 0.5) is 5.69 Å². The smallest absolute Gasteiger partial charge is 0.215 e. The van der Waals surface area contributed by atoms with Crippen LogP contribution in [0.5, 0.6) is 5.75 Å². The van der Waals surface area contributed by atoms with E-state index in [0.29, 0.717) is 11.4 Å². The zero-order valence-electron chi connectivity index (χ0n) is 12.5.